The van der Waals surface area contributed by atoms with Gasteiger partial charge in [-0.3, -0.25) is 9.59 Å². The Hall–Kier alpha value is -2.27. The number of amides is 1. The summed E-state index contributed by atoms with van der Waals surface area (Å²) >= 11 is 5.85. The number of rotatable bonds is 4. The first-order valence-electron chi connectivity index (χ1n) is 6.36. The summed E-state index contributed by atoms with van der Waals surface area (Å²) in [6.45, 7) is 1.60. The minimum absolute atomic E-state index is 0.214. The van der Waals surface area contributed by atoms with E-state index in [0.717, 1.165) is 0 Å². The summed E-state index contributed by atoms with van der Waals surface area (Å²) in [5, 5.41) is 3.08. The third kappa shape index (κ3) is 3.86. The van der Waals surface area contributed by atoms with E-state index in [1.54, 1.807) is 56.6 Å². The predicted molar refractivity (Wildman–Crippen MR) is 81.9 cm³/mol. The minimum atomic E-state index is -0.756. The highest BCUT2D eigenvalue weighted by Gasteiger charge is 2.16. The number of aromatic nitrogens is 1. The number of hydrogen-bond donors (Lipinski definition) is 1. The Morgan fingerprint density at radius 2 is 2.10 bits per heavy atom. The lowest BCUT2D eigenvalue weighted by Crippen LogP contribution is -2.33. The fourth-order valence-corrected chi connectivity index (χ4v) is 1.91. The molecule has 110 valence electrons. The van der Waals surface area contributed by atoms with Crippen molar-refractivity contribution in [2.24, 2.45) is 7.05 Å². The summed E-state index contributed by atoms with van der Waals surface area (Å²) < 4.78 is 6.88. The van der Waals surface area contributed by atoms with Gasteiger partial charge in [0.05, 0.1) is 0 Å². The number of pyridine rings is 1. The highest BCUT2D eigenvalue weighted by molar-refractivity contribution is 6.30. The van der Waals surface area contributed by atoms with E-state index in [9.17, 15) is 9.59 Å². The third-order valence-electron chi connectivity index (χ3n) is 2.86. The van der Waals surface area contributed by atoms with E-state index >= 15 is 0 Å². The second kappa shape index (κ2) is 6.45. The fraction of sp³-hybridized carbons (Fsp3) is 0.200. The SMILES string of the molecule is C[C@H](Oc1cccc(Cl)c1)C(=O)Nc1cccn(C)c1=O. The van der Waals surface area contributed by atoms with Gasteiger partial charge >= 0.3 is 0 Å². The molecule has 0 aliphatic carbocycles. The Balaban J connectivity index is 2.06. The lowest BCUT2D eigenvalue weighted by Gasteiger charge is -2.14. The van der Waals surface area contributed by atoms with Crippen molar-refractivity contribution in [3.8, 4) is 5.75 Å². The van der Waals surface area contributed by atoms with Crippen LogP contribution in [0.25, 0.3) is 0 Å². The first-order valence-corrected chi connectivity index (χ1v) is 6.74. The predicted octanol–water partition coefficient (Wildman–Crippen LogP) is 2.44. The van der Waals surface area contributed by atoms with E-state index in [-0.39, 0.29) is 11.2 Å². The molecule has 1 aromatic carbocycles. The maximum atomic E-state index is 12.0. The van der Waals surface area contributed by atoms with E-state index in [1.165, 1.54) is 4.57 Å². The third-order valence-corrected chi connectivity index (χ3v) is 3.09. The lowest BCUT2D eigenvalue weighted by atomic mass is 10.3. The summed E-state index contributed by atoms with van der Waals surface area (Å²) in [4.78, 5) is 23.9. The van der Waals surface area contributed by atoms with E-state index in [2.05, 4.69) is 5.32 Å². The van der Waals surface area contributed by atoms with E-state index < -0.39 is 12.0 Å². The van der Waals surface area contributed by atoms with Crippen molar-refractivity contribution in [2.75, 3.05) is 5.32 Å². The van der Waals surface area contributed by atoms with Crippen LogP contribution in [0.3, 0.4) is 0 Å². The molecule has 0 bridgehead atoms. The van der Waals surface area contributed by atoms with Crippen molar-refractivity contribution < 1.29 is 9.53 Å². The Labute approximate surface area is 127 Å². The summed E-state index contributed by atoms with van der Waals surface area (Å²) in [5.41, 5.74) is -0.0626. The molecule has 0 fully saturated rings. The van der Waals surface area contributed by atoms with Crippen LogP contribution in [0.5, 0.6) is 5.75 Å². The van der Waals surface area contributed by atoms with Gasteiger partial charge in [-0.05, 0) is 37.3 Å². The van der Waals surface area contributed by atoms with Crippen LogP contribution in [-0.2, 0) is 11.8 Å². The first-order chi connectivity index (χ1) is 9.97. The maximum absolute atomic E-state index is 12.0. The zero-order valence-corrected chi connectivity index (χ0v) is 12.4. The zero-order valence-electron chi connectivity index (χ0n) is 11.7. The van der Waals surface area contributed by atoms with E-state index in [0.29, 0.717) is 10.8 Å². The van der Waals surface area contributed by atoms with Crippen molar-refractivity contribution in [3.63, 3.8) is 0 Å². The number of hydrogen-bond acceptors (Lipinski definition) is 3. The molecular formula is C15H15ClN2O3. The number of carbonyl (C=O) groups is 1. The van der Waals surface area contributed by atoms with Crippen LogP contribution < -0.4 is 15.6 Å². The first kappa shape index (κ1) is 15.1. The average Bonchev–Trinajstić information content (AvgIpc) is 2.44. The average molecular weight is 307 g/mol. The standard InChI is InChI=1S/C15H15ClN2O3/c1-10(21-12-6-3-5-11(16)9-12)14(19)17-13-7-4-8-18(2)15(13)20/h3-10H,1-2H3,(H,17,19)/t10-/m0/s1. The number of carbonyl (C=O) groups excluding carboxylic acids is 1. The number of aryl methyl sites for hydroxylation is 1. The Bertz CT molecular complexity index is 712. The smallest absolute Gasteiger partial charge is 0.274 e. The molecule has 2 rings (SSSR count). The molecule has 0 unspecified atom stereocenters. The largest absolute Gasteiger partial charge is 0.481 e. The van der Waals surface area contributed by atoms with Gasteiger partial charge in [0, 0.05) is 18.3 Å². The number of halogens is 1. The Kier molecular flexibility index (Phi) is 4.65. The van der Waals surface area contributed by atoms with Crippen LogP contribution in [-0.4, -0.2) is 16.6 Å². The van der Waals surface area contributed by atoms with E-state index in [4.69, 9.17) is 16.3 Å². The van der Waals surface area contributed by atoms with Crippen LogP contribution in [0.4, 0.5) is 5.69 Å². The Morgan fingerprint density at radius 1 is 1.33 bits per heavy atom. The van der Waals surface area contributed by atoms with Crippen LogP contribution >= 0.6 is 11.6 Å². The Morgan fingerprint density at radius 3 is 2.81 bits per heavy atom. The van der Waals surface area contributed by atoms with Gasteiger partial charge in [0.2, 0.25) is 0 Å². The lowest BCUT2D eigenvalue weighted by molar-refractivity contribution is -0.122. The highest BCUT2D eigenvalue weighted by Crippen LogP contribution is 2.18. The molecular weight excluding hydrogens is 292 g/mol. The van der Waals surface area contributed by atoms with Crippen LogP contribution in [0.15, 0.2) is 47.4 Å². The zero-order chi connectivity index (χ0) is 15.4. The minimum Gasteiger partial charge on any atom is -0.481 e. The van der Waals surface area contributed by atoms with E-state index in [1.807, 2.05) is 0 Å². The van der Waals surface area contributed by atoms with Crippen molar-refractivity contribution in [2.45, 2.75) is 13.0 Å². The normalized spacial score (nSPS) is 11.8. The van der Waals surface area contributed by atoms with Crippen molar-refractivity contribution >= 4 is 23.2 Å². The molecule has 5 nitrogen and oxygen atoms in total. The van der Waals surface area contributed by atoms with Crippen molar-refractivity contribution in [1.29, 1.82) is 0 Å². The highest BCUT2D eigenvalue weighted by atomic mass is 35.5. The molecule has 0 saturated heterocycles. The number of nitrogens with zero attached hydrogens (tertiary/aromatic N) is 1. The summed E-state index contributed by atoms with van der Waals surface area (Å²) in [6, 6.07) is 10.00. The molecule has 0 aliphatic rings. The molecule has 0 radical (unpaired) electrons. The summed E-state index contributed by atoms with van der Waals surface area (Å²) in [6.07, 6.45) is 0.859. The molecule has 1 atom stereocenters. The van der Waals surface area contributed by atoms with Gasteiger partial charge < -0.3 is 14.6 Å². The van der Waals surface area contributed by atoms with Crippen molar-refractivity contribution in [1.82, 2.24) is 4.57 Å². The van der Waals surface area contributed by atoms with Gasteiger partial charge in [-0.25, -0.2) is 0 Å². The molecule has 1 N–H and O–H groups in total. The maximum Gasteiger partial charge on any atom is 0.274 e. The monoisotopic (exact) mass is 306 g/mol. The van der Waals surface area contributed by atoms with Gasteiger partial charge in [0.15, 0.2) is 6.10 Å². The van der Waals surface area contributed by atoms with Crippen LogP contribution in [0.2, 0.25) is 5.02 Å². The quantitative estimate of drug-likeness (QED) is 0.944. The molecule has 2 aromatic rings. The van der Waals surface area contributed by atoms with Gasteiger partial charge in [-0.2, -0.15) is 0 Å². The van der Waals surface area contributed by atoms with Gasteiger partial charge in [0.1, 0.15) is 11.4 Å². The molecule has 6 heteroatoms. The number of anilines is 1. The number of nitrogens with one attached hydrogen (secondary N) is 1. The number of ether oxygens (including phenoxy) is 1. The van der Waals surface area contributed by atoms with Crippen LogP contribution in [0, 0.1) is 0 Å². The molecule has 1 heterocycles. The van der Waals surface area contributed by atoms with Gasteiger partial charge in [0.25, 0.3) is 11.5 Å². The fourth-order valence-electron chi connectivity index (χ4n) is 1.72. The van der Waals surface area contributed by atoms with Gasteiger partial charge in [-0.15, -0.1) is 0 Å². The van der Waals surface area contributed by atoms with Crippen molar-refractivity contribution in [3.05, 3.63) is 58.0 Å². The molecule has 1 amide bonds. The summed E-state index contributed by atoms with van der Waals surface area (Å²) in [5.74, 6) is 0.0874. The van der Waals surface area contributed by atoms with Crippen LogP contribution in [0.1, 0.15) is 6.92 Å². The second-order valence-electron chi connectivity index (χ2n) is 4.54. The molecule has 0 spiro atoms. The number of benzene rings is 1. The summed E-state index contributed by atoms with van der Waals surface area (Å²) in [7, 11) is 1.61. The topological polar surface area (TPSA) is 60.3 Å². The second-order valence-corrected chi connectivity index (χ2v) is 4.98. The molecule has 0 saturated carbocycles. The molecule has 21 heavy (non-hydrogen) atoms. The van der Waals surface area contributed by atoms with Gasteiger partial charge in [-0.1, -0.05) is 17.7 Å². The molecule has 0 aliphatic heterocycles. The molecule has 1 aromatic heterocycles.